The second-order valence-corrected chi connectivity index (χ2v) is 4.55. The third-order valence-electron chi connectivity index (χ3n) is 3.26. The number of carbonyl (C=O) groups is 4. The van der Waals surface area contributed by atoms with Crippen molar-refractivity contribution in [3.63, 3.8) is 0 Å². The predicted octanol–water partition coefficient (Wildman–Crippen LogP) is -1.03. The zero-order valence-electron chi connectivity index (χ0n) is 10.2. The molecule has 2 atom stereocenters. The second-order valence-electron chi connectivity index (χ2n) is 4.55. The number of fused-ring (bicyclic) bond motifs is 1. The fraction of sp³-hybridized carbons (Fsp3) is 0.500. The van der Waals surface area contributed by atoms with Crippen LogP contribution in [0.4, 0.5) is 0 Å². The minimum Gasteiger partial charge on any atom is -0.454 e. The maximum Gasteiger partial charge on any atom is 0.326 e. The Bertz CT molecular complexity index is 445. The summed E-state index contributed by atoms with van der Waals surface area (Å²) in [6.07, 6.45) is 4.76. The van der Waals surface area contributed by atoms with Gasteiger partial charge in [0.2, 0.25) is 11.8 Å². The molecular weight excluding hydrogens is 252 g/mol. The van der Waals surface area contributed by atoms with Crippen LogP contribution in [0.2, 0.25) is 0 Å². The summed E-state index contributed by atoms with van der Waals surface area (Å²) in [4.78, 5) is 46.8. The molecule has 1 aliphatic heterocycles. The van der Waals surface area contributed by atoms with Gasteiger partial charge < -0.3 is 10.5 Å². The van der Waals surface area contributed by atoms with Crippen LogP contribution in [0.15, 0.2) is 12.2 Å². The first-order valence-electron chi connectivity index (χ1n) is 5.95. The quantitative estimate of drug-likeness (QED) is 0.397. The van der Waals surface area contributed by atoms with Crippen LogP contribution in [0, 0.1) is 11.8 Å². The topological polar surface area (TPSA) is 107 Å². The van der Waals surface area contributed by atoms with Gasteiger partial charge in [0, 0.05) is 0 Å². The Morgan fingerprint density at radius 3 is 2.21 bits per heavy atom. The normalized spacial score (nSPS) is 25.4. The summed E-state index contributed by atoms with van der Waals surface area (Å²) in [6.45, 7) is -1.01. The number of carbonyl (C=O) groups excluding carboxylic acids is 4. The van der Waals surface area contributed by atoms with Crippen LogP contribution in [0.5, 0.6) is 0 Å². The summed E-state index contributed by atoms with van der Waals surface area (Å²) >= 11 is 0. The molecule has 0 unspecified atom stereocenters. The molecule has 1 heterocycles. The van der Waals surface area contributed by atoms with Crippen LogP contribution in [0.3, 0.4) is 0 Å². The molecule has 0 aromatic heterocycles. The van der Waals surface area contributed by atoms with E-state index in [-0.39, 0.29) is 23.7 Å². The maximum absolute atomic E-state index is 12.0. The molecule has 0 spiro atoms. The Morgan fingerprint density at radius 1 is 1.21 bits per heavy atom. The number of esters is 1. The standard InChI is InChI=1S/C12H14N2O5/c13-9(15)6-19-10(16)5-14-11(17)7-3-1-2-4-8(7)12(14)18/h1-2,7-8H,3-6H2,(H2,13,15)/t7-,8-/m0/s1. The summed E-state index contributed by atoms with van der Waals surface area (Å²) in [7, 11) is 0. The molecule has 3 amide bonds. The van der Waals surface area contributed by atoms with Gasteiger partial charge in [0.15, 0.2) is 6.61 Å². The zero-order chi connectivity index (χ0) is 14.0. The highest BCUT2D eigenvalue weighted by Crippen LogP contribution is 2.34. The van der Waals surface area contributed by atoms with Gasteiger partial charge in [-0.25, -0.2) is 0 Å². The van der Waals surface area contributed by atoms with Gasteiger partial charge >= 0.3 is 5.97 Å². The fourth-order valence-electron chi connectivity index (χ4n) is 2.35. The monoisotopic (exact) mass is 266 g/mol. The van der Waals surface area contributed by atoms with E-state index in [1.165, 1.54) is 0 Å². The van der Waals surface area contributed by atoms with E-state index in [9.17, 15) is 19.2 Å². The van der Waals surface area contributed by atoms with E-state index in [4.69, 9.17) is 5.73 Å². The van der Waals surface area contributed by atoms with Crippen LogP contribution in [0.25, 0.3) is 0 Å². The third kappa shape index (κ3) is 2.64. The zero-order valence-corrected chi connectivity index (χ0v) is 10.2. The number of hydrogen-bond acceptors (Lipinski definition) is 5. The number of nitrogens with two attached hydrogens (primary N) is 1. The van der Waals surface area contributed by atoms with Crippen molar-refractivity contribution in [1.29, 1.82) is 0 Å². The molecule has 1 aliphatic carbocycles. The molecule has 2 N–H and O–H groups in total. The first-order chi connectivity index (χ1) is 9.00. The van der Waals surface area contributed by atoms with Gasteiger partial charge in [-0.15, -0.1) is 0 Å². The van der Waals surface area contributed by atoms with Crippen LogP contribution in [-0.2, 0) is 23.9 Å². The number of imide groups is 1. The summed E-state index contributed by atoms with van der Waals surface area (Å²) in [5, 5.41) is 0. The van der Waals surface area contributed by atoms with Gasteiger partial charge in [0.25, 0.3) is 5.91 Å². The minimum atomic E-state index is -0.813. The van der Waals surface area contributed by atoms with Crippen molar-refractivity contribution in [2.24, 2.45) is 17.6 Å². The molecule has 7 heteroatoms. The molecule has 7 nitrogen and oxygen atoms in total. The maximum atomic E-state index is 12.0. The minimum absolute atomic E-state index is 0.352. The van der Waals surface area contributed by atoms with E-state index in [0.29, 0.717) is 12.8 Å². The average Bonchev–Trinajstić information content (AvgIpc) is 2.62. The Kier molecular flexibility index (Phi) is 3.64. The van der Waals surface area contributed by atoms with E-state index in [0.717, 1.165) is 4.90 Å². The fourth-order valence-corrected chi connectivity index (χ4v) is 2.35. The van der Waals surface area contributed by atoms with Gasteiger partial charge in [-0.05, 0) is 12.8 Å². The van der Waals surface area contributed by atoms with Gasteiger partial charge in [-0.2, -0.15) is 0 Å². The van der Waals surface area contributed by atoms with Gasteiger partial charge in [0.05, 0.1) is 11.8 Å². The Hall–Kier alpha value is -2.18. The smallest absolute Gasteiger partial charge is 0.326 e. The second kappa shape index (κ2) is 5.21. The van der Waals surface area contributed by atoms with Crippen molar-refractivity contribution in [3.8, 4) is 0 Å². The van der Waals surface area contributed by atoms with Gasteiger partial charge in [-0.3, -0.25) is 24.1 Å². The molecule has 1 saturated heterocycles. The lowest BCUT2D eigenvalue weighted by Crippen LogP contribution is -2.37. The number of amides is 3. The van der Waals surface area contributed by atoms with Crippen molar-refractivity contribution in [1.82, 2.24) is 4.90 Å². The van der Waals surface area contributed by atoms with Crippen molar-refractivity contribution < 1.29 is 23.9 Å². The Labute approximate surface area is 109 Å². The predicted molar refractivity (Wildman–Crippen MR) is 62.2 cm³/mol. The molecule has 1 fully saturated rings. The summed E-state index contributed by atoms with van der Waals surface area (Å²) in [5.41, 5.74) is 4.83. The van der Waals surface area contributed by atoms with E-state index >= 15 is 0 Å². The number of primary amides is 1. The number of likely N-dealkylation sites (tertiary alicyclic amines) is 1. The third-order valence-corrected chi connectivity index (χ3v) is 3.26. The largest absolute Gasteiger partial charge is 0.454 e. The molecule has 0 aromatic rings. The molecule has 0 bridgehead atoms. The van der Waals surface area contributed by atoms with Gasteiger partial charge in [0.1, 0.15) is 6.54 Å². The summed E-state index contributed by atoms with van der Waals surface area (Å²) in [5.74, 6) is -3.05. The first kappa shape index (κ1) is 13.3. The molecular formula is C12H14N2O5. The van der Waals surface area contributed by atoms with E-state index in [1.54, 1.807) is 0 Å². The van der Waals surface area contributed by atoms with E-state index < -0.39 is 25.0 Å². The summed E-state index contributed by atoms with van der Waals surface area (Å²) < 4.78 is 4.54. The Balaban J connectivity index is 1.98. The molecule has 0 saturated carbocycles. The highest BCUT2D eigenvalue weighted by atomic mass is 16.5. The lowest BCUT2D eigenvalue weighted by atomic mass is 9.85. The Morgan fingerprint density at radius 2 is 1.74 bits per heavy atom. The molecule has 2 rings (SSSR count). The molecule has 19 heavy (non-hydrogen) atoms. The lowest BCUT2D eigenvalue weighted by molar-refractivity contribution is -0.154. The number of allylic oxidation sites excluding steroid dienone is 2. The SMILES string of the molecule is NC(=O)COC(=O)CN1C(=O)[C@H]2CC=CC[C@@H]2C1=O. The van der Waals surface area contributed by atoms with Crippen LogP contribution < -0.4 is 5.73 Å². The highest BCUT2D eigenvalue weighted by molar-refractivity contribution is 6.07. The highest BCUT2D eigenvalue weighted by Gasteiger charge is 2.47. The number of rotatable bonds is 4. The van der Waals surface area contributed by atoms with Crippen molar-refractivity contribution in [3.05, 3.63) is 12.2 Å². The van der Waals surface area contributed by atoms with Crippen molar-refractivity contribution in [2.45, 2.75) is 12.8 Å². The van der Waals surface area contributed by atoms with E-state index in [1.807, 2.05) is 12.2 Å². The number of hydrogen-bond donors (Lipinski definition) is 1. The number of nitrogens with zero attached hydrogens (tertiary/aromatic N) is 1. The molecule has 0 radical (unpaired) electrons. The lowest BCUT2D eigenvalue weighted by Gasteiger charge is -2.14. The van der Waals surface area contributed by atoms with Crippen LogP contribution in [0.1, 0.15) is 12.8 Å². The average molecular weight is 266 g/mol. The van der Waals surface area contributed by atoms with E-state index in [2.05, 4.69) is 4.74 Å². The van der Waals surface area contributed by atoms with Crippen LogP contribution in [-0.4, -0.2) is 41.7 Å². The first-order valence-corrected chi connectivity index (χ1v) is 5.95. The van der Waals surface area contributed by atoms with Crippen molar-refractivity contribution in [2.75, 3.05) is 13.2 Å². The molecule has 2 aliphatic rings. The van der Waals surface area contributed by atoms with Gasteiger partial charge in [-0.1, -0.05) is 12.2 Å². The van der Waals surface area contributed by atoms with Crippen molar-refractivity contribution >= 4 is 23.7 Å². The summed E-state index contributed by atoms with van der Waals surface area (Å²) in [6, 6.07) is 0. The molecule has 102 valence electrons. The van der Waals surface area contributed by atoms with Crippen LogP contribution >= 0.6 is 0 Å². The molecule has 0 aromatic carbocycles. The number of ether oxygens (including phenoxy) is 1.